The molecule has 0 atom stereocenters. The van der Waals surface area contributed by atoms with Gasteiger partial charge in [0, 0.05) is 17.2 Å². The highest BCUT2D eigenvalue weighted by Crippen LogP contribution is 2.27. The van der Waals surface area contributed by atoms with Crippen LogP contribution in [0.3, 0.4) is 0 Å². The summed E-state index contributed by atoms with van der Waals surface area (Å²) >= 11 is 9.65. The zero-order valence-electron chi connectivity index (χ0n) is 9.95. The SMILES string of the molecule is C=CCNc1nc(C)cn1-c1ccc(Br)cc1Cl. The molecule has 0 amide bonds. The van der Waals surface area contributed by atoms with E-state index in [1.165, 1.54) is 0 Å². The van der Waals surface area contributed by atoms with Crippen LogP contribution in [0.15, 0.2) is 41.5 Å². The predicted molar refractivity (Wildman–Crippen MR) is 79.7 cm³/mol. The molecule has 1 N–H and O–H groups in total. The number of halogens is 2. The summed E-state index contributed by atoms with van der Waals surface area (Å²) < 4.78 is 2.89. The molecule has 5 heteroatoms. The second-order valence-corrected chi connectivity index (χ2v) is 5.16. The zero-order chi connectivity index (χ0) is 13.1. The molecule has 1 heterocycles. The summed E-state index contributed by atoms with van der Waals surface area (Å²) in [6, 6.07) is 5.77. The molecule has 0 radical (unpaired) electrons. The van der Waals surface area contributed by atoms with Crippen molar-refractivity contribution in [2.45, 2.75) is 6.92 Å². The van der Waals surface area contributed by atoms with Crippen molar-refractivity contribution in [3.8, 4) is 5.69 Å². The van der Waals surface area contributed by atoms with E-state index >= 15 is 0 Å². The van der Waals surface area contributed by atoms with Crippen molar-refractivity contribution < 1.29 is 0 Å². The Bertz CT molecular complexity index is 578. The van der Waals surface area contributed by atoms with Gasteiger partial charge in [0.2, 0.25) is 5.95 Å². The molecule has 1 aromatic heterocycles. The Morgan fingerprint density at radius 2 is 2.33 bits per heavy atom. The van der Waals surface area contributed by atoms with Crippen LogP contribution in [0, 0.1) is 6.92 Å². The summed E-state index contributed by atoms with van der Waals surface area (Å²) in [5, 5.41) is 3.86. The van der Waals surface area contributed by atoms with Gasteiger partial charge in [-0.3, -0.25) is 4.57 Å². The van der Waals surface area contributed by atoms with Crippen molar-refractivity contribution in [3.63, 3.8) is 0 Å². The molecule has 94 valence electrons. The standard InChI is InChI=1S/C13H13BrClN3/c1-3-6-16-13-17-9(2)8-18(13)12-5-4-10(14)7-11(12)15/h3-5,7-8H,1,6H2,2H3,(H,16,17). The molecule has 2 aromatic rings. The van der Waals surface area contributed by atoms with Gasteiger partial charge in [0.1, 0.15) is 0 Å². The van der Waals surface area contributed by atoms with Crippen molar-refractivity contribution in [2.75, 3.05) is 11.9 Å². The van der Waals surface area contributed by atoms with Gasteiger partial charge in [0.05, 0.1) is 16.4 Å². The molecular formula is C13H13BrClN3. The van der Waals surface area contributed by atoms with Gasteiger partial charge >= 0.3 is 0 Å². The largest absolute Gasteiger partial charge is 0.352 e. The van der Waals surface area contributed by atoms with Crippen LogP contribution in [0.1, 0.15) is 5.69 Å². The Labute approximate surface area is 120 Å². The fraction of sp³-hybridized carbons (Fsp3) is 0.154. The predicted octanol–water partition coefficient (Wildman–Crippen LogP) is 4.19. The Morgan fingerprint density at radius 1 is 1.56 bits per heavy atom. The summed E-state index contributed by atoms with van der Waals surface area (Å²) in [7, 11) is 0. The lowest BCUT2D eigenvalue weighted by Gasteiger charge is -2.10. The lowest BCUT2D eigenvalue weighted by molar-refractivity contribution is 1.04. The first-order chi connectivity index (χ1) is 8.61. The smallest absolute Gasteiger partial charge is 0.208 e. The lowest BCUT2D eigenvalue weighted by atomic mass is 10.3. The van der Waals surface area contributed by atoms with Gasteiger partial charge in [0.15, 0.2) is 0 Å². The Balaban J connectivity index is 2.45. The van der Waals surface area contributed by atoms with Crippen molar-refractivity contribution in [3.05, 3.63) is 52.2 Å². The van der Waals surface area contributed by atoms with E-state index in [1.807, 2.05) is 35.9 Å². The van der Waals surface area contributed by atoms with Crippen LogP contribution in [-0.2, 0) is 0 Å². The van der Waals surface area contributed by atoms with Gasteiger partial charge in [0.25, 0.3) is 0 Å². The first-order valence-corrected chi connectivity index (χ1v) is 6.65. The van der Waals surface area contributed by atoms with E-state index < -0.39 is 0 Å². The molecule has 18 heavy (non-hydrogen) atoms. The number of hydrogen-bond donors (Lipinski definition) is 1. The average Bonchev–Trinajstić information content (AvgIpc) is 2.67. The third kappa shape index (κ3) is 2.76. The highest BCUT2D eigenvalue weighted by atomic mass is 79.9. The maximum absolute atomic E-state index is 6.25. The number of rotatable bonds is 4. The van der Waals surface area contributed by atoms with Gasteiger partial charge in [-0.25, -0.2) is 4.98 Å². The van der Waals surface area contributed by atoms with Crippen molar-refractivity contribution in [1.82, 2.24) is 9.55 Å². The number of imidazole rings is 1. The topological polar surface area (TPSA) is 29.9 Å². The molecule has 0 fully saturated rings. The molecule has 3 nitrogen and oxygen atoms in total. The minimum atomic E-state index is 0.657. The maximum Gasteiger partial charge on any atom is 0.208 e. The summed E-state index contributed by atoms with van der Waals surface area (Å²) in [5.74, 6) is 0.761. The van der Waals surface area contributed by atoms with Gasteiger partial charge in [-0.15, -0.1) is 6.58 Å². The van der Waals surface area contributed by atoms with Crippen LogP contribution in [-0.4, -0.2) is 16.1 Å². The van der Waals surface area contributed by atoms with Crippen molar-refractivity contribution in [1.29, 1.82) is 0 Å². The molecule has 0 aliphatic heterocycles. The minimum absolute atomic E-state index is 0.657. The Kier molecular flexibility index (Phi) is 4.09. The van der Waals surface area contributed by atoms with Gasteiger partial charge in [-0.1, -0.05) is 33.6 Å². The zero-order valence-corrected chi connectivity index (χ0v) is 12.3. The van der Waals surface area contributed by atoms with Crippen LogP contribution in [0.2, 0.25) is 5.02 Å². The normalized spacial score (nSPS) is 10.4. The van der Waals surface area contributed by atoms with Gasteiger partial charge < -0.3 is 5.32 Å². The number of benzene rings is 1. The molecule has 1 aromatic carbocycles. The molecule has 0 aliphatic carbocycles. The van der Waals surface area contributed by atoms with Crippen LogP contribution in [0.4, 0.5) is 5.95 Å². The van der Waals surface area contributed by atoms with Crippen LogP contribution >= 0.6 is 27.5 Å². The number of aromatic nitrogens is 2. The maximum atomic E-state index is 6.25. The Hall–Kier alpha value is -1.26. The number of anilines is 1. The van der Waals surface area contributed by atoms with Crippen LogP contribution in [0.5, 0.6) is 0 Å². The summed E-state index contributed by atoms with van der Waals surface area (Å²) in [4.78, 5) is 4.42. The van der Waals surface area contributed by atoms with Gasteiger partial charge in [-0.05, 0) is 25.1 Å². The van der Waals surface area contributed by atoms with E-state index in [2.05, 4.69) is 32.8 Å². The molecule has 0 aliphatic rings. The summed E-state index contributed by atoms with van der Waals surface area (Å²) in [5.41, 5.74) is 1.83. The van der Waals surface area contributed by atoms with E-state index in [-0.39, 0.29) is 0 Å². The van der Waals surface area contributed by atoms with Gasteiger partial charge in [-0.2, -0.15) is 0 Å². The third-order valence-corrected chi connectivity index (χ3v) is 3.20. The molecule has 0 saturated carbocycles. The molecule has 0 saturated heterocycles. The molecule has 0 spiro atoms. The first kappa shape index (κ1) is 13.2. The van der Waals surface area contributed by atoms with E-state index in [4.69, 9.17) is 11.6 Å². The number of nitrogens with one attached hydrogen (secondary N) is 1. The van der Waals surface area contributed by atoms with Crippen LogP contribution < -0.4 is 5.32 Å². The highest BCUT2D eigenvalue weighted by molar-refractivity contribution is 9.10. The lowest BCUT2D eigenvalue weighted by Crippen LogP contribution is -2.05. The summed E-state index contributed by atoms with van der Waals surface area (Å²) in [6.07, 6.45) is 3.73. The highest BCUT2D eigenvalue weighted by Gasteiger charge is 2.10. The van der Waals surface area contributed by atoms with Crippen molar-refractivity contribution in [2.24, 2.45) is 0 Å². The Morgan fingerprint density at radius 3 is 3.00 bits per heavy atom. The molecule has 0 unspecified atom stereocenters. The monoisotopic (exact) mass is 325 g/mol. The minimum Gasteiger partial charge on any atom is -0.352 e. The second-order valence-electron chi connectivity index (χ2n) is 3.84. The summed E-state index contributed by atoms with van der Waals surface area (Å²) in [6.45, 7) is 6.29. The fourth-order valence-electron chi connectivity index (χ4n) is 1.65. The number of nitrogens with zero attached hydrogens (tertiary/aromatic N) is 2. The van der Waals surface area contributed by atoms with Crippen LogP contribution in [0.25, 0.3) is 5.69 Å². The van der Waals surface area contributed by atoms with Crippen molar-refractivity contribution >= 4 is 33.5 Å². The molecule has 0 bridgehead atoms. The van der Waals surface area contributed by atoms with E-state index in [1.54, 1.807) is 6.08 Å². The average molecular weight is 327 g/mol. The third-order valence-electron chi connectivity index (χ3n) is 2.40. The number of aryl methyl sites for hydroxylation is 1. The molecular weight excluding hydrogens is 314 g/mol. The second kappa shape index (κ2) is 5.59. The number of hydrogen-bond acceptors (Lipinski definition) is 2. The van der Waals surface area contributed by atoms with E-state index in [0.717, 1.165) is 21.8 Å². The quantitative estimate of drug-likeness (QED) is 0.854. The van der Waals surface area contributed by atoms with E-state index in [9.17, 15) is 0 Å². The molecule has 2 rings (SSSR count). The first-order valence-electron chi connectivity index (χ1n) is 5.48. The van der Waals surface area contributed by atoms with E-state index in [0.29, 0.717) is 11.6 Å². The fourth-order valence-corrected chi connectivity index (χ4v) is 2.41.